The number of methoxy groups -OCH3 is 1. The van der Waals surface area contributed by atoms with E-state index in [1.807, 2.05) is 44.2 Å². The van der Waals surface area contributed by atoms with Crippen LogP contribution in [-0.2, 0) is 22.6 Å². The van der Waals surface area contributed by atoms with E-state index in [1.54, 1.807) is 42.5 Å². The third-order valence-electron chi connectivity index (χ3n) is 9.82. The van der Waals surface area contributed by atoms with Crippen LogP contribution in [0.2, 0.25) is 10.2 Å². The molecule has 0 radical (unpaired) electrons. The zero-order valence-electron chi connectivity index (χ0n) is 27.1. The Kier molecular flexibility index (Phi) is 8.81. The van der Waals surface area contributed by atoms with Crippen molar-refractivity contribution >= 4 is 51.9 Å². The number of aryl methyl sites for hydroxylation is 1. The summed E-state index contributed by atoms with van der Waals surface area (Å²) < 4.78 is 29.2. The van der Waals surface area contributed by atoms with Gasteiger partial charge in [0, 0.05) is 31.0 Å². The van der Waals surface area contributed by atoms with Gasteiger partial charge in [-0.2, -0.15) is 0 Å². The Bertz CT molecular complexity index is 2090. The maximum Gasteiger partial charge on any atom is 0.337 e. The second-order valence-corrected chi connectivity index (χ2v) is 13.3. The van der Waals surface area contributed by atoms with E-state index >= 15 is 4.39 Å². The van der Waals surface area contributed by atoms with Crippen molar-refractivity contribution in [1.82, 2.24) is 19.4 Å². The first-order valence-electron chi connectivity index (χ1n) is 16.1. The average Bonchev–Trinajstić information content (AvgIpc) is 3.59. The molecule has 0 unspecified atom stereocenters. The number of hydrogen-bond donors (Lipinski definition) is 1. The molecule has 4 heterocycles. The number of aromatic nitrogens is 3. The molecule has 9 nitrogen and oxygen atoms in total. The van der Waals surface area contributed by atoms with Crippen LogP contribution in [0.25, 0.3) is 11.0 Å². The molecule has 0 saturated carbocycles. The van der Waals surface area contributed by atoms with Crippen molar-refractivity contribution in [3.8, 4) is 5.75 Å². The molecule has 252 valence electrons. The van der Waals surface area contributed by atoms with Crippen LogP contribution >= 0.6 is 23.2 Å². The molecule has 0 aliphatic carbocycles. The minimum Gasteiger partial charge on any atom is -0.494 e. The molecule has 0 spiro atoms. The first-order chi connectivity index (χ1) is 23.6. The molecule has 12 heteroatoms. The van der Waals surface area contributed by atoms with Gasteiger partial charge in [0.2, 0.25) is 5.91 Å². The Balaban J connectivity index is 1.44. The van der Waals surface area contributed by atoms with Crippen LogP contribution in [0.4, 0.5) is 10.2 Å². The fraction of sp³-hybridized carbons (Fsp3) is 0.297. The van der Waals surface area contributed by atoms with Gasteiger partial charge in [-0.25, -0.2) is 19.2 Å². The molecule has 3 aromatic carbocycles. The molecular formula is C37H34Cl2FN5O4. The normalized spacial score (nSPS) is 21.6. The Labute approximate surface area is 293 Å². The van der Waals surface area contributed by atoms with Crippen LogP contribution in [0.1, 0.15) is 59.4 Å². The summed E-state index contributed by atoms with van der Waals surface area (Å²) in [6.45, 7) is 5.24. The fourth-order valence-electron chi connectivity index (χ4n) is 7.72. The maximum atomic E-state index is 16.3. The zero-order valence-corrected chi connectivity index (χ0v) is 28.6. The molecule has 1 fully saturated rings. The second-order valence-electron chi connectivity index (χ2n) is 12.5. The van der Waals surface area contributed by atoms with E-state index in [9.17, 15) is 9.59 Å². The molecule has 4 atom stereocenters. The first kappa shape index (κ1) is 33.0. The number of rotatable bonds is 8. The lowest BCUT2D eigenvalue weighted by Gasteiger charge is -2.40. The van der Waals surface area contributed by atoms with Crippen LogP contribution < -0.4 is 10.1 Å². The number of fused-ring (bicyclic) bond motifs is 5. The van der Waals surface area contributed by atoms with E-state index in [0.29, 0.717) is 54.3 Å². The number of anilines is 1. The molecule has 1 N–H and O–H groups in total. The lowest BCUT2D eigenvalue weighted by atomic mass is 9.73. The molecule has 49 heavy (non-hydrogen) atoms. The van der Waals surface area contributed by atoms with E-state index in [1.165, 1.54) is 13.2 Å². The highest BCUT2D eigenvalue weighted by Gasteiger charge is 2.63. The monoisotopic (exact) mass is 701 g/mol. The quantitative estimate of drug-likeness (QED) is 0.131. The molecular weight excluding hydrogens is 668 g/mol. The summed E-state index contributed by atoms with van der Waals surface area (Å²) in [7, 11) is 1.33. The zero-order chi connectivity index (χ0) is 34.4. The number of carbonyl (C=O) groups is 2. The molecule has 7 rings (SSSR count). The SMILES string of the molecule is CCOc1cccc(CN2[C@H]3CCn4c(nc5cc(C(=O)OC)ccc54)[C@H]3[C@H](c3cccc(Cl)c3F)[C@]2(C)C(=O)Nc2cccc(Cl)n2)c1. The molecule has 2 aliphatic heterocycles. The summed E-state index contributed by atoms with van der Waals surface area (Å²) in [6.07, 6.45) is 0.643. The minimum atomic E-state index is -1.35. The van der Waals surface area contributed by atoms with Crippen LogP contribution in [0, 0.1) is 5.82 Å². The van der Waals surface area contributed by atoms with Crippen molar-refractivity contribution in [3.05, 3.63) is 117 Å². The molecule has 1 amide bonds. The molecule has 1 saturated heterocycles. The molecule has 2 aliphatic rings. The number of nitrogens with one attached hydrogen (secondary N) is 1. The number of amides is 1. The van der Waals surface area contributed by atoms with Crippen molar-refractivity contribution in [2.75, 3.05) is 19.0 Å². The highest BCUT2D eigenvalue weighted by molar-refractivity contribution is 6.30. The van der Waals surface area contributed by atoms with E-state index in [-0.39, 0.29) is 27.9 Å². The number of hydrogen-bond acceptors (Lipinski definition) is 7. The van der Waals surface area contributed by atoms with Gasteiger partial charge in [-0.15, -0.1) is 0 Å². The van der Waals surface area contributed by atoms with Gasteiger partial charge in [-0.3, -0.25) is 9.69 Å². The minimum absolute atomic E-state index is 0.0387. The Hall–Kier alpha value is -4.51. The van der Waals surface area contributed by atoms with Gasteiger partial charge in [-0.1, -0.05) is 53.5 Å². The van der Waals surface area contributed by atoms with E-state index in [0.717, 1.165) is 11.1 Å². The van der Waals surface area contributed by atoms with Crippen LogP contribution in [0.5, 0.6) is 5.75 Å². The lowest BCUT2D eigenvalue weighted by Crippen LogP contribution is -2.55. The third-order valence-corrected chi connectivity index (χ3v) is 10.3. The van der Waals surface area contributed by atoms with Gasteiger partial charge < -0.3 is 19.4 Å². The van der Waals surface area contributed by atoms with Crippen molar-refractivity contribution in [2.24, 2.45) is 0 Å². The Morgan fingerprint density at radius 1 is 1.04 bits per heavy atom. The predicted molar refractivity (Wildman–Crippen MR) is 186 cm³/mol. The number of nitrogens with zero attached hydrogens (tertiary/aromatic N) is 4. The number of esters is 1. The average molecular weight is 703 g/mol. The number of ether oxygens (including phenoxy) is 2. The van der Waals surface area contributed by atoms with Crippen LogP contribution in [-0.4, -0.2) is 56.6 Å². The number of likely N-dealkylation sites (tertiary alicyclic amines) is 1. The van der Waals surface area contributed by atoms with Gasteiger partial charge in [0.15, 0.2) is 0 Å². The van der Waals surface area contributed by atoms with E-state index < -0.39 is 29.2 Å². The van der Waals surface area contributed by atoms with Crippen molar-refractivity contribution in [3.63, 3.8) is 0 Å². The fourth-order valence-corrected chi connectivity index (χ4v) is 8.06. The second kappa shape index (κ2) is 13.1. The summed E-state index contributed by atoms with van der Waals surface area (Å²) in [5.74, 6) is -0.941. The van der Waals surface area contributed by atoms with Crippen molar-refractivity contribution in [2.45, 2.75) is 56.8 Å². The summed E-state index contributed by atoms with van der Waals surface area (Å²) in [6, 6.07) is 22.7. The van der Waals surface area contributed by atoms with Crippen LogP contribution in [0.15, 0.2) is 78.9 Å². The Morgan fingerprint density at radius 3 is 2.61 bits per heavy atom. The van der Waals surface area contributed by atoms with Crippen molar-refractivity contribution in [1.29, 1.82) is 0 Å². The van der Waals surface area contributed by atoms with Gasteiger partial charge >= 0.3 is 5.97 Å². The van der Waals surface area contributed by atoms with Gasteiger partial charge in [-0.05, 0) is 79.9 Å². The standard InChI is InChI=1S/C37H34Cl2FN5O4/c1-4-49-23-9-5-8-21(18-23)20-45-28-16-17-44-27-15-14-22(35(46)48-3)19-26(27)41-34(44)31(28)32(24-10-6-11-25(38)33(24)40)37(45,2)36(47)43-30-13-7-12-29(39)42-30/h5-15,18-19,28,31-32H,4,16-17,20H2,1-3H3,(H,42,43,47)/t28-,31+,32-,37+/m0/s1. The highest BCUT2D eigenvalue weighted by atomic mass is 35.5. The number of carbonyl (C=O) groups excluding carboxylic acids is 2. The summed E-state index contributed by atoms with van der Waals surface area (Å²) in [4.78, 5) is 38.9. The smallest absolute Gasteiger partial charge is 0.337 e. The van der Waals surface area contributed by atoms with Crippen LogP contribution in [0.3, 0.4) is 0 Å². The predicted octanol–water partition coefficient (Wildman–Crippen LogP) is 7.62. The molecule has 0 bridgehead atoms. The Morgan fingerprint density at radius 2 is 1.84 bits per heavy atom. The molecule has 2 aromatic heterocycles. The number of benzene rings is 3. The summed E-state index contributed by atoms with van der Waals surface area (Å²) in [5, 5.41) is 3.19. The van der Waals surface area contributed by atoms with E-state index in [2.05, 4.69) is 19.8 Å². The molecule has 5 aromatic rings. The van der Waals surface area contributed by atoms with Crippen molar-refractivity contribution < 1.29 is 23.5 Å². The van der Waals surface area contributed by atoms with Gasteiger partial charge in [0.05, 0.1) is 35.3 Å². The first-order valence-corrected chi connectivity index (χ1v) is 16.8. The topological polar surface area (TPSA) is 98.6 Å². The van der Waals surface area contributed by atoms with Gasteiger partial charge in [0.1, 0.15) is 33.9 Å². The van der Waals surface area contributed by atoms with Gasteiger partial charge in [0.25, 0.3) is 0 Å². The summed E-state index contributed by atoms with van der Waals surface area (Å²) in [5.41, 5.74) is 1.71. The largest absolute Gasteiger partial charge is 0.494 e. The number of pyridine rings is 1. The third kappa shape index (κ3) is 5.71. The van der Waals surface area contributed by atoms with E-state index in [4.69, 9.17) is 37.7 Å². The highest BCUT2D eigenvalue weighted by Crippen LogP contribution is 2.58. The number of halogens is 3. The summed E-state index contributed by atoms with van der Waals surface area (Å²) >= 11 is 12.6. The lowest BCUT2D eigenvalue weighted by molar-refractivity contribution is -0.127. The number of imidazole rings is 1. The maximum absolute atomic E-state index is 16.3.